The number of nitrogens with zero attached hydrogens (tertiary/aromatic N) is 3. The summed E-state index contributed by atoms with van der Waals surface area (Å²) < 4.78 is 0. The van der Waals surface area contributed by atoms with Crippen molar-refractivity contribution in [1.29, 1.82) is 0 Å². The zero-order valence-electron chi connectivity index (χ0n) is 10.1. The second-order valence-corrected chi connectivity index (χ2v) is 4.61. The van der Waals surface area contributed by atoms with E-state index in [2.05, 4.69) is 15.0 Å². The summed E-state index contributed by atoms with van der Waals surface area (Å²) in [4.78, 5) is 23.4. The Hall–Kier alpha value is -2.48. The summed E-state index contributed by atoms with van der Waals surface area (Å²) >= 11 is 1.28. The fraction of sp³-hybridized carbons (Fsp3) is 0.0909. The van der Waals surface area contributed by atoms with E-state index >= 15 is 0 Å². The minimum absolute atomic E-state index is 0.0588. The summed E-state index contributed by atoms with van der Waals surface area (Å²) in [6.45, 7) is 1.87. The van der Waals surface area contributed by atoms with Gasteiger partial charge in [-0.1, -0.05) is 6.07 Å². The van der Waals surface area contributed by atoms with Crippen molar-refractivity contribution in [2.45, 2.75) is 6.92 Å². The third-order valence-electron chi connectivity index (χ3n) is 2.31. The number of guanidine groups is 1. The fourth-order valence-corrected chi connectivity index (χ4v) is 2.15. The molecule has 0 saturated carbocycles. The molecule has 0 aliphatic carbocycles. The van der Waals surface area contributed by atoms with E-state index in [1.54, 1.807) is 17.5 Å². The molecule has 0 aliphatic rings. The number of hydrogen-bond donors (Lipinski definition) is 3. The van der Waals surface area contributed by atoms with Crippen LogP contribution in [-0.4, -0.2) is 21.8 Å². The predicted molar refractivity (Wildman–Crippen MR) is 74.1 cm³/mol. The first-order valence-corrected chi connectivity index (χ1v) is 6.18. The van der Waals surface area contributed by atoms with Crippen molar-refractivity contribution >= 4 is 28.3 Å². The van der Waals surface area contributed by atoms with Gasteiger partial charge >= 0.3 is 0 Å². The van der Waals surface area contributed by atoms with Crippen molar-refractivity contribution in [3.05, 3.63) is 28.8 Å². The van der Waals surface area contributed by atoms with Crippen LogP contribution in [0.3, 0.4) is 0 Å². The molecule has 0 radical (unpaired) electrons. The Morgan fingerprint density at radius 3 is 2.63 bits per heavy atom. The Balaban J connectivity index is 2.46. The fourth-order valence-electron chi connectivity index (χ4n) is 1.46. The van der Waals surface area contributed by atoms with Crippen LogP contribution < -0.4 is 17.2 Å². The number of carbonyl (C=O) groups is 1. The SMILES string of the molecule is Cc1ccc(C(N)=O)nc1-c1csc(N=C(N)N)n1. The molecule has 0 aromatic carbocycles. The molecular weight excluding hydrogens is 264 g/mol. The molecule has 19 heavy (non-hydrogen) atoms. The minimum Gasteiger partial charge on any atom is -0.370 e. The number of primary amides is 1. The number of thiazole rings is 1. The first-order valence-electron chi connectivity index (χ1n) is 5.30. The van der Waals surface area contributed by atoms with Gasteiger partial charge in [-0.3, -0.25) is 4.79 Å². The molecule has 8 heteroatoms. The Labute approximate surface area is 113 Å². The summed E-state index contributed by atoms with van der Waals surface area (Å²) in [7, 11) is 0. The zero-order valence-corrected chi connectivity index (χ0v) is 10.9. The number of hydrogen-bond acceptors (Lipinski definition) is 5. The van der Waals surface area contributed by atoms with Crippen molar-refractivity contribution in [2.75, 3.05) is 0 Å². The van der Waals surface area contributed by atoms with Crippen LogP contribution in [0.4, 0.5) is 5.13 Å². The Morgan fingerprint density at radius 2 is 2.00 bits per heavy atom. The summed E-state index contributed by atoms with van der Waals surface area (Å²) in [5, 5.41) is 2.20. The third kappa shape index (κ3) is 2.86. The lowest BCUT2D eigenvalue weighted by Gasteiger charge is -2.03. The van der Waals surface area contributed by atoms with E-state index in [1.165, 1.54) is 11.3 Å². The van der Waals surface area contributed by atoms with Crippen LogP contribution in [0.5, 0.6) is 0 Å². The van der Waals surface area contributed by atoms with E-state index in [4.69, 9.17) is 17.2 Å². The molecule has 0 bridgehead atoms. The molecule has 0 saturated heterocycles. The van der Waals surface area contributed by atoms with E-state index in [-0.39, 0.29) is 11.7 Å². The van der Waals surface area contributed by atoms with E-state index in [1.807, 2.05) is 6.92 Å². The van der Waals surface area contributed by atoms with Gasteiger partial charge in [-0.15, -0.1) is 11.3 Å². The van der Waals surface area contributed by atoms with Gasteiger partial charge in [-0.2, -0.15) is 4.99 Å². The molecule has 7 nitrogen and oxygen atoms in total. The topological polar surface area (TPSA) is 133 Å². The molecular formula is C11H12N6OS. The molecule has 2 aromatic heterocycles. The maximum absolute atomic E-state index is 11.1. The number of carbonyl (C=O) groups excluding carboxylic acids is 1. The normalized spacial score (nSPS) is 10.2. The summed E-state index contributed by atoms with van der Waals surface area (Å²) in [5.41, 5.74) is 18.0. The summed E-state index contributed by atoms with van der Waals surface area (Å²) in [6, 6.07) is 3.34. The van der Waals surface area contributed by atoms with Gasteiger partial charge < -0.3 is 17.2 Å². The second-order valence-electron chi connectivity index (χ2n) is 3.78. The molecule has 98 valence electrons. The van der Waals surface area contributed by atoms with Gasteiger partial charge in [0.2, 0.25) is 5.13 Å². The number of aromatic nitrogens is 2. The number of pyridine rings is 1. The molecule has 0 aliphatic heterocycles. The van der Waals surface area contributed by atoms with Crippen LogP contribution in [0.15, 0.2) is 22.5 Å². The van der Waals surface area contributed by atoms with Crippen molar-refractivity contribution in [3.63, 3.8) is 0 Å². The van der Waals surface area contributed by atoms with Crippen LogP contribution in [0, 0.1) is 6.92 Å². The van der Waals surface area contributed by atoms with Crippen LogP contribution in [0.25, 0.3) is 11.4 Å². The highest BCUT2D eigenvalue weighted by Gasteiger charge is 2.11. The standard InChI is InChI=1S/C11H12N6OS/c1-5-2-3-6(9(12)18)15-8(5)7-4-19-11(16-7)17-10(13)14/h2-4H,1H3,(H2,12,18)(H4,13,14,16,17). The van der Waals surface area contributed by atoms with Gasteiger partial charge in [0.15, 0.2) is 5.96 Å². The van der Waals surface area contributed by atoms with Crippen LogP contribution in [0.1, 0.15) is 16.1 Å². The highest BCUT2D eigenvalue weighted by Crippen LogP contribution is 2.27. The molecule has 0 spiro atoms. The van der Waals surface area contributed by atoms with E-state index in [9.17, 15) is 4.79 Å². The maximum atomic E-state index is 11.1. The average Bonchev–Trinajstić information content (AvgIpc) is 2.76. The lowest BCUT2D eigenvalue weighted by Crippen LogP contribution is -2.21. The summed E-state index contributed by atoms with van der Waals surface area (Å²) in [6.07, 6.45) is 0. The van der Waals surface area contributed by atoms with Gasteiger partial charge in [0.1, 0.15) is 11.4 Å². The number of aliphatic imine (C=N–C) groups is 1. The van der Waals surface area contributed by atoms with Crippen LogP contribution in [0.2, 0.25) is 0 Å². The maximum Gasteiger partial charge on any atom is 0.267 e. The lowest BCUT2D eigenvalue weighted by molar-refractivity contribution is 0.0995. The predicted octanol–water partition coefficient (Wildman–Crippen LogP) is 0.517. The second kappa shape index (κ2) is 5.02. The Morgan fingerprint density at radius 1 is 1.26 bits per heavy atom. The largest absolute Gasteiger partial charge is 0.370 e. The third-order valence-corrected chi connectivity index (χ3v) is 3.04. The molecule has 1 amide bonds. The highest BCUT2D eigenvalue weighted by atomic mass is 32.1. The summed E-state index contributed by atoms with van der Waals surface area (Å²) in [5.74, 6) is -0.641. The number of aryl methyl sites for hydroxylation is 1. The van der Waals surface area contributed by atoms with Gasteiger partial charge in [-0.25, -0.2) is 9.97 Å². The smallest absolute Gasteiger partial charge is 0.267 e. The Kier molecular flexibility index (Phi) is 3.43. The number of amides is 1. The van der Waals surface area contributed by atoms with Gasteiger partial charge in [0, 0.05) is 5.38 Å². The first-order chi connectivity index (χ1) is 8.97. The Bertz CT molecular complexity index is 659. The van der Waals surface area contributed by atoms with E-state index < -0.39 is 5.91 Å². The lowest BCUT2D eigenvalue weighted by atomic mass is 10.1. The molecule has 0 atom stereocenters. The highest BCUT2D eigenvalue weighted by molar-refractivity contribution is 7.13. The van der Waals surface area contributed by atoms with Crippen molar-refractivity contribution in [2.24, 2.45) is 22.2 Å². The molecule has 2 heterocycles. The van der Waals surface area contributed by atoms with Crippen molar-refractivity contribution < 1.29 is 4.79 Å². The van der Waals surface area contributed by atoms with Crippen LogP contribution >= 0.6 is 11.3 Å². The van der Waals surface area contributed by atoms with Crippen molar-refractivity contribution in [3.8, 4) is 11.4 Å². The minimum atomic E-state index is -0.582. The molecule has 0 unspecified atom stereocenters. The van der Waals surface area contributed by atoms with Gasteiger partial charge in [-0.05, 0) is 18.6 Å². The van der Waals surface area contributed by atoms with Gasteiger partial charge in [0.25, 0.3) is 5.91 Å². The molecule has 2 rings (SSSR count). The monoisotopic (exact) mass is 276 g/mol. The van der Waals surface area contributed by atoms with E-state index in [0.29, 0.717) is 16.5 Å². The number of rotatable bonds is 3. The molecule has 2 aromatic rings. The number of nitrogens with two attached hydrogens (primary N) is 3. The molecule has 6 N–H and O–H groups in total. The zero-order chi connectivity index (χ0) is 14.0. The molecule has 0 fully saturated rings. The first kappa shape index (κ1) is 13.0. The average molecular weight is 276 g/mol. The van der Waals surface area contributed by atoms with Crippen molar-refractivity contribution in [1.82, 2.24) is 9.97 Å². The van der Waals surface area contributed by atoms with E-state index in [0.717, 1.165) is 5.56 Å². The van der Waals surface area contributed by atoms with Crippen LogP contribution in [-0.2, 0) is 0 Å². The quantitative estimate of drug-likeness (QED) is 0.555. The van der Waals surface area contributed by atoms with Gasteiger partial charge in [0.05, 0.1) is 5.69 Å².